The molecule has 0 aliphatic heterocycles. The lowest BCUT2D eigenvalue weighted by Gasteiger charge is -2.09. The summed E-state index contributed by atoms with van der Waals surface area (Å²) in [6.45, 7) is 0.601. The minimum atomic E-state index is -0.0546. The van der Waals surface area contributed by atoms with Gasteiger partial charge in [0.25, 0.3) is 5.91 Å². The average molecular weight is 293 g/mol. The molecular weight excluding hydrogens is 274 g/mol. The van der Waals surface area contributed by atoms with Crippen LogP contribution in [0.25, 0.3) is 10.9 Å². The third kappa shape index (κ3) is 2.96. The molecule has 0 aliphatic rings. The number of fused-ring (bicyclic) bond motifs is 1. The standard InChI is InChI=1S/C18H19N3O/c1-19-17-9-5-3-7-15(17)18(22)20-11-10-14-12-13-6-2-4-8-16(13)21-14/h2-9,12,19,21H,10-11H2,1H3,(H,20,22). The van der Waals surface area contributed by atoms with Gasteiger partial charge >= 0.3 is 0 Å². The Morgan fingerprint density at radius 1 is 1.09 bits per heavy atom. The summed E-state index contributed by atoms with van der Waals surface area (Å²) in [6, 6.07) is 17.8. The number of rotatable bonds is 5. The predicted octanol–water partition coefficient (Wildman–Crippen LogP) is 3.18. The molecule has 3 rings (SSSR count). The van der Waals surface area contributed by atoms with Gasteiger partial charge in [-0.05, 0) is 29.7 Å². The van der Waals surface area contributed by atoms with Crippen molar-refractivity contribution in [1.82, 2.24) is 10.3 Å². The van der Waals surface area contributed by atoms with Crippen LogP contribution in [0.1, 0.15) is 16.1 Å². The van der Waals surface area contributed by atoms with Gasteiger partial charge in [-0.2, -0.15) is 0 Å². The van der Waals surface area contributed by atoms with Crippen LogP contribution < -0.4 is 10.6 Å². The highest BCUT2D eigenvalue weighted by atomic mass is 16.1. The monoisotopic (exact) mass is 293 g/mol. The second kappa shape index (κ2) is 6.35. The quantitative estimate of drug-likeness (QED) is 0.676. The maximum Gasteiger partial charge on any atom is 0.253 e. The molecule has 3 N–H and O–H groups in total. The van der Waals surface area contributed by atoms with Crippen LogP contribution in [0.2, 0.25) is 0 Å². The van der Waals surface area contributed by atoms with E-state index in [2.05, 4.69) is 33.8 Å². The van der Waals surface area contributed by atoms with Crippen molar-refractivity contribution in [2.45, 2.75) is 6.42 Å². The highest BCUT2D eigenvalue weighted by Crippen LogP contribution is 2.15. The zero-order chi connectivity index (χ0) is 15.4. The topological polar surface area (TPSA) is 56.9 Å². The van der Waals surface area contributed by atoms with Crippen molar-refractivity contribution < 1.29 is 4.79 Å². The van der Waals surface area contributed by atoms with E-state index in [9.17, 15) is 4.79 Å². The lowest BCUT2D eigenvalue weighted by Crippen LogP contribution is -2.26. The van der Waals surface area contributed by atoms with E-state index in [1.807, 2.05) is 43.4 Å². The molecule has 4 nitrogen and oxygen atoms in total. The van der Waals surface area contributed by atoms with Crippen molar-refractivity contribution in [1.29, 1.82) is 0 Å². The van der Waals surface area contributed by atoms with Crippen molar-refractivity contribution in [2.24, 2.45) is 0 Å². The van der Waals surface area contributed by atoms with E-state index in [1.54, 1.807) is 0 Å². The lowest BCUT2D eigenvalue weighted by atomic mass is 10.1. The maximum atomic E-state index is 12.2. The minimum absolute atomic E-state index is 0.0546. The number of hydrogen-bond donors (Lipinski definition) is 3. The Kier molecular flexibility index (Phi) is 4.10. The van der Waals surface area contributed by atoms with Crippen LogP contribution in [0.5, 0.6) is 0 Å². The number of carbonyl (C=O) groups excluding carboxylic acids is 1. The zero-order valence-corrected chi connectivity index (χ0v) is 12.5. The minimum Gasteiger partial charge on any atom is -0.387 e. The molecule has 1 aromatic heterocycles. The van der Waals surface area contributed by atoms with Gasteiger partial charge in [0.15, 0.2) is 0 Å². The van der Waals surface area contributed by atoms with Gasteiger partial charge in [0, 0.05) is 36.9 Å². The molecular formula is C18H19N3O. The summed E-state index contributed by atoms with van der Waals surface area (Å²) in [5.74, 6) is -0.0546. The number of nitrogens with one attached hydrogen (secondary N) is 3. The molecule has 0 atom stereocenters. The molecule has 0 bridgehead atoms. The molecule has 4 heteroatoms. The number of para-hydroxylation sites is 2. The third-order valence-electron chi connectivity index (χ3n) is 3.71. The summed E-state index contributed by atoms with van der Waals surface area (Å²) in [6.07, 6.45) is 0.780. The fraction of sp³-hybridized carbons (Fsp3) is 0.167. The second-order valence-electron chi connectivity index (χ2n) is 5.18. The molecule has 0 unspecified atom stereocenters. The Morgan fingerprint density at radius 2 is 1.86 bits per heavy atom. The van der Waals surface area contributed by atoms with E-state index >= 15 is 0 Å². The summed E-state index contributed by atoms with van der Waals surface area (Å²) in [4.78, 5) is 15.6. The van der Waals surface area contributed by atoms with Gasteiger partial charge in [0.1, 0.15) is 0 Å². The Bertz CT molecular complexity index is 759. The summed E-state index contributed by atoms with van der Waals surface area (Å²) in [5.41, 5.74) is 3.76. The summed E-state index contributed by atoms with van der Waals surface area (Å²) >= 11 is 0. The summed E-state index contributed by atoms with van der Waals surface area (Å²) in [7, 11) is 1.82. The Morgan fingerprint density at radius 3 is 2.68 bits per heavy atom. The van der Waals surface area contributed by atoms with Gasteiger partial charge in [-0.25, -0.2) is 0 Å². The number of anilines is 1. The fourth-order valence-electron chi connectivity index (χ4n) is 2.57. The van der Waals surface area contributed by atoms with Crippen molar-refractivity contribution >= 4 is 22.5 Å². The van der Waals surface area contributed by atoms with Gasteiger partial charge < -0.3 is 15.6 Å². The molecule has 3 aromatic rings. The molecule has 2 aromatic carbocycles. The number of H-pyrrole nitrogens is 1. The molecule has 0 saturated carbocycles. The Hall–Kier alpha value is -2.75. The number of aromatic amines is 1. The van der Waals surface area contributed by atoms with Crippen LogP contribution in [-0.4, -0.2) is 24.5 Å². The first-order valence-electron chi connectivity index (χ1n) is 7.39. The van der Waals surface area contributed by atoms with Crippen LogP contribution in [0.4, 0.5) is 5.69 Å². The van der Waals surface area contributed by atoms with Gasteiger partial charge in [-0.15, -0.1) is 0 Å². The van der Waals surface area contributed by atoms with Gasteiger partial charge in [-0.1, -0.05) is 30.3 Å². The molecule has 0 aliphatic carbocycles. The SMILES string of the molecule is CNc1ccccc1C(=O)NCCc1cc2ccccc2[nH]1. The number of carbonyl (C=O) groups is 1. The molecule has 0 radical (unpaired) electrons. The Labute approximate surface area is 129 Å². The molecule has 1 amide bonds. The van der Waals surface area contributed by atoms with E-state index in [0.717, 1.165) is 23.3 Å². The number of aromatic nitrogens is 1. The van der Waals surface area contributed by atoms with E-state index in [0.29, 0.717) is 12.1 Å². The molecule has 0 spiro atoms. The molecule has 22 heavy (non-hydrogen) atoms. The van der Waals surface area contributed by atoms with E-state index < -0.39 is 0 Å². The van der Waals surface area contributed by atoms with Crippen molar-refractivity contribution in [3.05, 3.63) is 65.9 Å². The average Bonchev–Trinajstić information content (AvgIpc) is 2.97. The van der Waals surface area contributed by atoms with Gasteiger partial charge in [0.2, 0.25) is 0 Å². The zero-order valence-electron chi connectivity index (χ0n) is 12.5. The van der Waals surface area contributed by atoms with E-state index in [-0.39, 0.29) is 5.91 Å². The highest BCUT2D eigenvalue weighted by molar-refractivity contribution is 5.99. The number of amides is 1. The van der Waals surface area contributed by atoms with Crippen LogP contribution in [0.15, 0.2) is 54.6 Å². The van der Waals surface area contributed by atoms with Gasteiger partial charge in [0.05, 0.1) is 5.56 Å². The first kappa shape index (κ1) is 14.2. The Balaban J connectivity index is 1.61. The molecule has 1 heterocycles. The summed E-state index contributed by atoms with van der Waals surface area (Å²) < 4.78 is 0. The lowest BCUT2D eigenvalue weighted by molar-refractivity contribution is 0.0955. The normalized spacial score (nSPS) is 10.6. The van der Waals surface area contributed by atoms with Crippen molar-refractivity contribution in [3.8, 4) is 0 Å². The molecule has 112 valence electrons. The highest BCUT2D eigenvalue weighted by Gasteiger charge is 2.09. The maximum absolute atomic E-state index is 12.2. The third-order valence-corrected chi connectivity index (χ3v) is 3.71. The van der Waals surface area contributed by atoms with Crippen LogP contribution >= 0.6 is 0 Å². The van der Waals surface area contributed by atoms with Crippen LogP contribution in [-0.2, 0) is 6.42 Å². The largest absolute Gasteiger partial charge is 0.387 e. The predicted molar refractivity (Wildman–Crippen MR) is 90.3 cm³/mol. The van der Waals surface area contributed by atoms with Crippen molar-refractivity contribution in [2.75, 3.05) is 18.9 Å². The van der Waals surface area contributed by atoms with Crippen LogP contribution in [0.3, 0.4) is 0 Å². The van der Waals surface area contributed by atoms with Crippen LogP contribution in [0, 0.1) is 0 Å². The first-order valence-corrected chi connectivity index (χ1v) is 7.39. The molecule has 0 saturated heterocycles. The van der Waals surface area contributed by atoms with Crippen molar-refractivity contribution in [3.63, 3.8) is 0 Å². The number of benzene rings is 2. The van der Waals surface area contributed by atoms with Gasteiger partial charge in [-0.3, -0.25) is 4.79 Å². The summed E-state index contributed by atoms with van der Waals surface area (Å²) in [5, 5.41) is 7.20. The fourth-order valence-corrected chi connectivity index (χ4v) is 2.57. The smallest absolute Gasteiger partial charge is 0.253 e. The number of hydrogen-bond acceptors (Lipinski definition) is 2. The molecule has 0 fully saturated rings. The first-order chi connectivity index (χ1) is 10.8. The van der Waals surface area contributed by atoms with E-state index in [1.165, 1.54) is 5.39 Å². The van der Waals surface area contributed by atoms with E-state index in [4.69, 9.17) is 0 Å². The second-order valence-corrected chi connectivity index (χ2v) is 5.18.